The molecule has 0 heterocycles. The molecule has 0 aliphatic carbocycles. The minimum absolute atomic E-state index is 0.903. The number of hydrogen-bond donors (Lipinski definition) is 0. The van der Waals surface area contributed by atoms with Crippen molar-refractivity contribution in [2.75, 3.05) is 13.4 Å². The molecule has 2 nitrogen and oxygen atoms in total. The first kappa shape index (κ1) is 12.6. The fourth-order valence-corrected chi connectivity index (χ4v) is 2.50. The first-order chi connectivity index (χ1) is 7.11. The van der Waals surface area contributed by atoms with Gasteiger partial charge in [-0.2, -0.15) is 0 Å². The van der Waals surface area contributed by atoms with Crippen LogP contribution < -0.4 is 0 Å². The Bertz CT molecular complexity index is 390. The van der Waals surface area contributed by atoms with Gasteiger partial charge in [-0.15, -0.1) is 11.8 Å². The van der Waals surface area contributed by atoms with Gasteiger partial charge in [-0.05, 0) is 37.8 Å². The van der Waals surface area contributed by atoms with Crippen LogP contribution in [0.4, 0.5) is 0 Å². The van der Waals surface area contributed by atoms with E-state index in [1.54, 1.807) is 18.9 Å². The molecule has 0 saturated carbocycles. The molecule has 0 saturated heterocycles. The highest BCUT2D eigenvalue weighted by Crippen LogP contribution is 2.29. The minimum Gasteiger partial charge on any atom is -0.399 e. The van der Waals surface area contributed by atoms with Gasteiger partial charge in [0.05, 0.1) is 5.71 Å². The lowest BCUT2D eigenvalue weighted by atomic mass is 10.1. The van der Waals surface area contributed by atoms with Crippen molar-refractivity contribution in [1.29, 1.82) is 0 Å². The lowest BCUT2D eigenvalue weighted by molar-refractivity contribution is 0.213. The Kier molecular flexibility index (Phi) is 4.67. The van der Waals surface area contributed by atoms with E-state index in [1.165, 1.54) is 10.5 Å². The molecule has 0 amide bonds. The maximum absolute atomic E-state index is 4.82. The fourth-order valence-electron chi connectivity index (χ4n) is 1.46. The number of rotatable bonds is 3. The van der Waals surface area contributed by atoms with E-state index in [0.717, 1.165) is 15.7 Å². The first-order valence-electron chi connectivity index (χ1n) is 4.53. The summed E-state index contributed by atoms with van der Waals surface area (Å²) in [5.74, 6) is 0. The molecule has 0 aliphatic rings. The highest BCUT2D eigenvalue weighted by Gasteiger charge is 2.11. The van der Waals surface area contributed by atoms with Crippen molar-refractivity contribution < 1.29 is 4.84 Å². The average molecular weight is 288 g/mol. The molecule has 0 N–H and O–H groups in total. The molecule has 1 aromatic rings. The lowest BCUT2D eigenvalue weighted by Gasteiger charge is -2.11. The third-order valence-electron chi connectivity index (χ3n) is 2.17. The topological polar surface area (TPSA) is 21.6 Å². The van der Waals surface area contributed by atoms with E-state index in [0.29, 0.717) is 0 Å². The summed E-state index contributed by atoms with van der Waals surface area (Å²) in [6, 6.07) is 4.15. The van der Waals surface area contributed by atoms with Crippen LogP contribution in [-0.2, 0) is 4.84 Å². The van der Waals surface area contributed by atoms with E-state index in [1.807, 2.05) is 6.92 Å². The zero-order valence-corrected chi connectivity index (χ0v) is 11.7. The van der Waals surface area contributed by atoms with Crippen molar-refractivity contribution in [2.24, 2.45) is 5.16 Å². The predicted octanol–water partition coefficient (Wildman–Crippen LogP) is 3.85. The van der Waals surface area contributed by atoms with E-state index >= 15 is 0 Å². The van der Waals surface area contributed by atoms with Gasteiger partial charge in [0.2, 0.25) is 0 Å². The fraction of sp³-hybridized carbons (Fsp3) is 0.364. The molecule has 15 heavy (non-hydrogen) atoms. The summed E-state index contributed by atoms with van der Waals surface area (Å²) in [7, 11) is 1.57. The summed E-state index contributed by atoms with van der Waals surface area (Å²) in [4.78, 5) is 6.03. The van der Waals surface area contributed by atoms with Crippen LogP contribution in [0.1, 0.15) is 18.1 Å². The molecular weight excluding hydrogens is 274 g/mol. The third kappa shape index (κ3) is 2.75. The first-order valence-corrected chi connectivity index (χ1v) is 6.54. The molecule has 0 radical (unpaired) electrons. The van der Waals surface area contributed by atoms with Crippen LogP contribution in [0.3, 0.4) is 0 Å². The second kappa shape index (κ2) is 5.56. The summed E-state index contributed by atoms with van der Waals surface area (Å²) in [5, 5.41) is 3.99. The van der Waals surface area contributed by atoms with E-state index in [9.17, 15) is 0 Å². The lowest BCUT2D eigenvalue weighted by Crippen LogP contribution is -2.02. The van der Waals surface area contributed by atoms with Gasteiger partial charge in [0.1, 0.15) is 7.11 Å². The van der Waals surface area contributed by atoms with Crippen LogP contribution >= 0.6 is 27.7 Å². The van der Waals surface area contributed by atoms with E-state index < -0.39 is 0 Å². The van der Waals surface area contributed by atoms with Crippen LogP contribution in [0.5, 0.6) is 0 Å². The molecule has 0 aliphatic heterocycles. The zero-order chi connectivity index (χ0) is 11.4. The van der Waals surface area contributed by atoms with Crippen LogP contribution in [0.15, 0.2) is 26.7 Å². The van der Waals surface area contributed by atoms with Crippen LogP contribution in [-0.4, -0.2) is 19.1 Å². The second-order valence-electron chi connectivity index (χ2n) is 3.11. The van der Waals surface area contributed by atoms with Crippen LogP contribution in [0.2, 0.25) is 0 Å². The zero-order valence-electron chi connectivity index (χ0n) is 9.30. The summed E-state index contributed by atoms with van der Waals surface area (Å²) in [6.45, 7) is 4.03. The Morgan fingerprint density at radius 1 is 1.47 bits per heavy atom. The van der Waals surface area contributed by atoms with Crippen molar-refractivity contribution >= 4 is 33.4 Å². The van der Waals surface area contributed by atoms with Crippen molar-refractivity contribution in [2.45, 2.75) is 18.7 Å². The van der Waals surface area contributed by atoms with Crippen molar-refractivity contribution in [3.05, 3.63) is 27.7 Å². The van der Waals surface area contributed by atoms with E-state index in [-0.39, 0.29) is 0 Å². The van der Waals surface area contributed by atoms with Gasteiger partial charge in [-0.1, -0.05) is 21.1 Å². The number of hydrogen-bond acceptors (Lipinski definition) is 3. The quantitative estimate of drug-likeness (QED) is 0.478. The molecule has 0 unspecified atom stereocenters. The minimum atomic E-state index is 0.903. The predicted molar refractivity (Wildman–Crippen MR) is 69.9 cm³/mol. The summed E-state index contributed by atoms with van der Waals surface area (Å²) in [6.07, 6.45) is 2.06. The summed E-state index contributed by atoms with van der Waals surface area (Å²) < 4.78 is 1.10. The molecule has 4 heteroatoms. The largest absolute Gasteiger partial charge is 0.399 e. The number of thioether (sulfide) groups is 1. The number of nitrogens with zero attached hydrogens (tertiary/aromatic N) is 1. The smallest absolute Gasteiger partial charge is 0.106 e. The van der Waals surface area contributed by atoms with Gasteiger partial charge in [0.15, 0.2) is 0 Å². The number of oxime groups is 1. The van der Waals surface area contributed by atoms with Crippen molar-refractivity contribution in [1.82, 2.24) is 0 Å². The molecule has 0 atom stereocenters. The highest BCUT2D eigenvalue weighted by atomic mass is 79.9. The van der Waals surface area contributed by atoms with Crippen molar-refractivity contribution in [3.8, 4) is 0 Å². The normalized spacial score (nSPS) is 11.7. The molecule has 0 fully saturated rings. The Hall–Kier alpha value is -0.480. The number of halogens is 1. The van der Waals surface area contributed by atoms with Gasteiger partial charge in [-0.3, -0.25) is 0 Å². The summed E-state index contributed by atoms with van der Waals surface area (Å²) in [5.41, 5.74) is 3.25. The van der Waals surface area contributed by atoms with Gasteiger partial charge in [0.25, 0.3) is 0 Å². The number of benzene rings is 1. The maximum atomic E-state index is 4.82. The highest BCUT2D eigenvalue weighted by molar-refractivity contribution is 9.10. The van der Waals surface area contributed by atoms with Gasteiger partial charge in [0, 0.05) is 14.9 Å². The van der Waals surface area contributed by atoms with Gasteiger partial charge in [-0.25, -0.2) is 0 Å². The summed E-state index contributed by atoms with van der Waals surface area (Å²) >= 11 is 5.24. The van der Waals surface area contributed by atoms with Gasteiger partial charge >= 0.3 is 0 Å². The van der Waals surface area contributed by atoms with Crippen LogP contribution in [0, 0.1) is 6.92 Å². The average Bonchev–Trinajstić information content (AvgIpc) is 2.22. The molecular formula is C11H14BrNOS. The molecule has 0 aromatic heterocycles. The SMILES string of the molecule is CO/N=C(\C)c1c(SC)ccc(Br)c1C. The molecule has 0 spiro atoms. The molecule has 1 aromatic carbocycles. The van der Waals surface area contributed by atoms with E-state index in [2.05, 4.69) is 46.4 Å². The third-order valence-corrected chi connectivity index (χ3v) is 3.81. The van der Waals surface area contributed by atoms with Crippen LogP contribution in [0.25, 0.3) is 0 Å². The Labute approximate surface area is 103 Å². The molecule has 1 rings (SSSR count). The van der Waals surface area contributed by atoms with Crippen molar-refractivity contribution in [3.63, 3.8) is 0 Å². The van der Waals surface area contributed by atoms with E-state index in [4.69, 9.17) is 4.84 Å². The Morgan fingerprint density at radius 3 is 2.67 bits per heavy atom. The van der Waals surface area contributed by atoms with Gasteiger partial charge < -0.3 is 4.84 Å². The Morgan fingerprint density at radius 2 is 2.13 bits per heavy atom. The molecule has 0 bridgehead atoms. The molecule has 82 valence electrons. The Balaban J connectivity index is 3.36. The monoisotopic (exact) mass is 287 g/mol. The maximum Gasteiger partial charge on any atom is 0.106 e. The standard InChI is InChI=1S/C11H14BrNOS/c1-7-9(12)5-6-10(15-4)11(7)8(2)13-14-3/h5-6H,1-4H3/b13-8+. The second-order valence-corrected chi connectivity index (χ2v) is 4.81.